The van der Waals surface area contributed by atoms with Crippen LogP contribution in [0.25, 0.3) is 0 Å². The number of carbonyl (C=O) groups excluding carboxylic acids is 1. The molecule has 0 saturated heterocycles. The van der Waals surface area contributed by atoms with Crippen molar-refractivity contribution in [3.63, 3.8) is 0 Å². The Morgan fingerprint density at radius 3 is 3.00 bits per heavy atom. The lowest BCUT2D eigenvalue weighted by Gasteiger charge is -2.34. The van der Waals surface area contributed by atoms with Crippen LogP contribution in [-0.2, 0) is 4.79 Å². The number of nitrogens with one attached hydrogen (secondary N) is 1. The van der Waals surface area contributed by atoms with Crippen molar-refractivity contribution in [2.24, 2.45) is 5.73 Å². The number of anilines is 2. The molecule has 1 aliphatic heterocycles. The van der Waals surface area contributed by atoms with Gasteiger partial charge in [-0.25, -0.2) is 0 Å². The van der Waals surface area contributed by atoms with Crippen LogP contribution in [0, 0.1) is 0 Å². The molecule has 1 amide bonds. The van der Waals surface area contributed by atoms with Gasteiger partial charge in [0.15, 0.2) is 0 Å². The van der Waals surface area contributed by atoms with E-state index in [1.54, 1.807) is 0 Å². The van der Waals surface area contributed by atoms with Gasteiger partial charge in [-0.2, -0.15) is 0 Å². The second-order valence-electron chi connectivity index (χ2n) is 3.51. The standard InChI is InChI=1S/C10H12BrN3O/c1-14-8-3-2-6(11)4-7(8)13-10(15)9(14)5-12/h2-4,9H,5,12H2,1H3,(H,13,15). The Balaban J connectivity index is 2.45. The van der Waals surface area contributed by atoms with Crippen molar-refractivity contribution in [3.8, 4) is 0 Å². The molecule has 0 bridgehead atoms. The van der Waals surface area contributed by atoms with Gasteiger partial charge in [-0.1, -0.05) is 15.9 Å². The number of fused-ring (bicyclic) bond motifs is 1. The zero-order valence-corrected chi connectivity index (χ0v) is 9.91. The lowest BCUT2D eigenvalue weighted by molar-refractivity contribution is -0.117. The quantitative estimate of drug-likeness (QED) is 0.805. The summed E-state index contributed by atoms with van der Waals surface area (Å²) in [6.45, 7) is 0.317. The molecule has 1 aromatic rings. The van der Waals surface area contributed by atoms with E-state index in [9.17, 15) is 4.79 Å². The first-order valence-electron chi connectivity index (χ1n) is 4.67. The lowest BCUT2D eigenvalue weighted by atomic mass is 10.1. The first kappa shape index (κ1) is 10.4. The molecule has 0 fully saturated rings. The average Bonchev–Trinajstić information content (AvgIpc) is 2.17. The van der Waals surface area contributed by atoms with Gasteiger partial charge in [0.1, 0.15) is 6.04 Å². The fourth-order valence-electron chi connectivity index (χ4n) is 1.74. The van der Waals surface area contributed by atoms with E-state index in [-0.39, 0.29) is 11.9 Å². The van der Waals surface area contributed by atoms with Gasteiger partial charge in [0.25, 0.3) is 0 Å². The normalized spacial score (nSPS) is 19.8. The number of hydrogen-bond acceptors (Lipinski definition) is 3. The summed E-state index contributed by atoms with van der Waals surface area (Å²) in [4.78, 5) is 13.6. The summed E-state index contributed by atoms with van der Waals surface area (Å²) in [7, 11) is 1.88. The van der Waals surface area contributed by atoms with Crippen LogP contribution in [0.5, 0.6) is 0 Å². The minimum absolute atomic E-state index is 0.0504. The van der Waals surface area contributed by atoms with Gasteiger partial charge in [-0.15, -0.1) is 0 Å². The van der Waals surface area contributed by atoms with Crippen molar-refractivity contribution in [1.82, 2.24) is 0 Å². The van der Waals surface area contributed by atoms with Gasteiger partial charge in [0, 0.05) is 18.1 Å². The largest absolute Gasteiger partial charge is 0.360 e. The smallest absolute Gasteiger partial charge is 0.248 e. The van der Waals surface area contributed by atoms with Crippen LogP contribution in [0.15, 0.2) is 22.7 Å². The Hall–Kier alpha value is -1.07. The van der Waals surface area contributed by atoms with E-state index < -0.39 is 0 Å². The third-order valence-corrected chi connectivity index (χ3v) is 3.08. The molecule has 5 heteroatoms. The summed E-state index contributed by atoms with van der Waals surface area (Å²) >= 11 is 3.37. The Morgan fingerprint density at radius 2 is 2.33 bits per heavy atom. The van der Waals surface area contributed by atoms with Crippen LogP contribution >= 0.6 is 15.9 Å². The highest BCUT2D eigenvalue weighted by Gasteiger charge is 2.29. The van der Waals surface area contributed by atoms with Crippen molar-refractivity contribution in [2.45, 2.75) is 6.04 Å². The number of halogens is 1. The molecule has 1 heterocycles. The molecule has 15 heavy (non-hydrogen) atoms. The lowest BCUT2D eigenvalue weighted by Crippen LogP contribution is -2.50. The number of carbonyl (C=O) groups is 1. The first-order chi connectivity index (χ1) is 7.13. The number of amides is 1. The molecular formula is C10H12BrN3O. The molecule has 0 aliphatic carbocycles. The third-order valence-electron chi connectivity index (χ3n) is 2.59. The topological polar surface area (TPSA) is 58.4 Å². The van der Waals surface area contributed by atoms with E-state index in [1.165, 1.54) is 0 Å². The molecule has 0 radical (unpaired) electrons. The number of benzene rings is 1. The van der Waals surface area contributed by atoms with Crippen molar-refractivity contribution < 1.29 is 4.79 Å². The Kier molecular flexibility index (Phi) is 2.67. The van der Waals surface area contributed by atoms with Crippen molar-refractivity contribution >= 4 is 33.2 Å². The fourth-order valence-corrected chi connectivity index (χ4v) is 2.10. The third kappa shape index (κ3) is 1.72. The SMILES string of the molecule is CN1c2ccc(Br)cc2NC(=O)C1CN. The monoisotopic (exact) mass is 269 g/mol. The molecule has 1 atom stereocenters. The Labute approximate surface area is 96.6 Å². The molecule has 0 saturated carbocycles. The van der Waals surface area contributed by atoms with Crippen LogP contribution in [0.3, 0.4) is 0 Å². The summed E-state index contributed by atoms with van der Waals surface area (Å²) in [5.41, 5.74) is 7.37. The second-order valence-corrected chi connectivity index (χ2v) is 4.43. The van der Waals surface area contributed by atoms with Gasteiger partial charge in [-0.05, 0) is 18.2 Å². The Morgan fingerprint density at radius 1 is 1.60 bits per heavy atom. The zero-order chi connectivity index (χ0) is 11.0. The highest BCUT2D eigenvalue weighted by molar-refractivity contribution is 9.10. The summed E-state index contributed by atoms with van der Waals surface area (Å²) in [6, 6.07) is 5.51. The van der Waals surface area contributed by atoms with Gasteiger partial charge >= 0.3 is 0 Å². The number of likely N-dealkylation sites (N-methyl/N-ethyl adjacent to an activating group) is 1. The predicted molar refractivity (Wildman–Crippen MR) is 64.0 cm³/mol. The van der Waals surface area contributed by atoms with E-state index in [2.05, 4.69) is 21.2 Å². The van der Waals surface area contributed by atoms with Gasteiger partial charge in [0.2, 0.25) is 5.91 Å². The fraction of sp³-hybridized carbons (Fsp3) is 0.300. The molecule has 1 aliphatic rings. The van der Waals surface area contributed by atoms with Crippen molar-refractivity contribution in [2.75, 3.05) is 23.8 Å². The minimum Gasteiger partial charge on any atom is -0.360 e. The van der Waals surface area contributed by atoms with Gasteiger partial charge < -0.3 is 16.0 Å². The van der Waals surface area contributed by atoms with Crippen LogP contribution in [0.4, 0.5) is 11.4 Å². The zero-order valence-electron chi connectivity index (χ0n) is 8.33. The predicted octanol–water partition coefficient (Wildman–Crippen LogP) is 1.16. The Bertz CT molecular complexity index is 408. The molecule has 1 unspecified atom stereocenters. The van der Waals surface area contributed by atoms with Crippen LogP contribution < -0.4 is 16.0 Å². The van der Waals surface area contributed by atoms with E-state index in [1.807, 2.05) is 30.1 Å². The second kappa shape index (κ2) is 3.83. The molecule has 80 valence electrons. The highest BCUT2D eigenvalue weighted by atomic mass is 79.9. The maximum absolute atomic E-state index is 11.7. The number of nitrogens with zero attached hydrogens (tertiary/aromatic N) is 1. The van der Waals surface area contributed by atoms with E-state index in [0.717, 1.165) is 15.8 Å². The van der Waals surface area contributed by atoms with Gasteiger partial charge in [-0.3, -0.25) is 4.79 Å². The van der Waals surface area contributed by atoms with E-state index in [0.29, 0.717) is 6.54 Å². The van der Waals surface area contributed by atoms with Gasteiger partial charge in [0.05, 0.1) is 11.4 Å². The summed E-state index contributed by atoms with van der Waals surface area (Å²) in [6.07, 6.45) is 0. The maximum atomic E-state index is 11.7. The molecule has 4 nitrogen and oxygen atoms in total. The highest BCUT2D eigenvalue weighted by Crippen LogP contribution is 2.32. The van der Waals surface area contributed by atoms with Crippen molar-refractivity contribution in [3.05, 3.63) is 22.7 Å². The minimum atomic E-state index is -0.279. The molecule has 3 N–H and O–H groups in total. The summed E-state index contributed by atoms with van der Waals surface area (Å²) < 4.78 is 0.946. The molecular weight excluding hydrogens is 258 g/mol. The first-order valence-corrected chi connectivity index (χ1v) is 5.46. The van der Waals surface area contributed by atoms with Crippen LogP contribution in [0.2, 0.25) is 0 Å². The molecule has 2 rings (SSSR count). The number of rotatable bonds is 1. The van der Waals surface area contributed by atoms with E-state index in [4.69, 9.17) is 5.73 Å². The summed E-state index contributed by atoms with van der Waals surface area (Å²) in [5, 5.41) is 2.84. The van der Waals surface area contributed by atoms with Crippen molar-refractivity contribution in [1.29, 1.82) is 0 Å². The molecule has 0 aromatic heterocycles. The van der Waals surface area contributed by atoms with Crippen LogP contribution in [-0.4, -0.2) is 25.5 Å². The number of hydrogen-bond donors (Lipinski definition) is 2. The van der Waals surface area contributed by atoms with E-state index >= 15 is 0 Å². The number of nitrogens with two attached hydrogens (primary N) is 1. The molecule has 0 spiro atoms. The summed E-state index contributed by atoms with van der Waals surface area (Å²) in [5.74, 6) is -0.0504. The van der Waals surface area contributed by atoms with Crippen LogP contribution in [0.1, 0.15) is 0 Å². The average molecular weight is 270 g/mol. The maximum Gasteiger partial charge on any atom is 0.248 e. The molecule has 1 aromatic carbocycles.